The predicted molar refractivity (Wildman–Crippen MR) is 150 cm³/mol. The van der Waals surface area contributed by atoms with Crippen molar-refractivity contribution in [2.75, 3.05) is 25.5 Å². The van der Waals surface area contributed by atoms with Crippen LogP contribution in [0.1, 0.15) is 40.7 Å². The number of nitrogens with one attached hydrogen (secondary N) is 1. The second kappa shape index (κ2) is 12.9. The van der Waals surface area contributed by atoms with Crippen LogP contribution in [0.3, 0.4) is 0 Å². The molecule has 2 amide bonds. The quantitative estimate of drug-likeness (QED) is 0.255. The molecule has 7 nitrogen and oxygen atoms in total. The van der Waals surface area contributed by atoms with Gasteiger partial charge < -0.3 is 19.7 Å². The Hall–Kier alpha value is -4.09. The zero-order valence-electron chi connectivity index (χ0n) is 21.1. The summed E-state index contributed by atoms with van der Waals surface area (Å²) < 4.78 is 12.3. The van der Waals surface area contributed by atoms with Gasteiger partial charge in [0.05, 0.1) is 7.11 Å². The minimum Gasteiger partial charge on any atom is -0.493 e. The van der Waals surface area contributed by atoms with E-state index in [4.69, 9.17) is 9.47 Å². The standard InChI is InChI=1S/C30H28BrN3O4/c1-37-28-17-22(16-24(19-32)29(35)33-26-7-5-6-25(31)18-26)10-13-27(28)38-20-21-8-11-23(12-9-21)30(36)34-14-3-2-4-15-34/h5-13,16-18H,2-4,14-15,20H2,1H3,(H,33,35)/b24-16-. The molecule has 0 bridgehead atoms. The van der Waals surface area contributed by atoms with Crippen LogP contribution in [0.2, 0.25) is 0 Å². The van der Waals surface area contributed by atoms with Gasteiger partial charge in [0.15, 0.2) is 11.5 Å². The third kappa shape index (κ3) is 7.02. The van der Waals surface area contributed by atoms with E-state index in [1.165, 1.54) is 19.6 Å². The number of likely N-dealkylation sites (tertiary alicyclic amines) is 1. The summed E-state index contributed by atoms with van der Waals surface area (Å²) in [4.78, 5) is 27.2. The third-order valence-electron chi connectivity index (χ3n) is 6.18. The highest BCUT2D eigenvalue weighted by molar-refractivity contribution is 9.10. The van der Waals surface area contributed by atoms with E-state index in [-0.39, 0.29) is 11.5 Å². The van der Waals surface area contributed by atoms with Crippen LogP contribution in [0.15, 0.2) is 76.8 Å². The van der Waals surface area contributed by atoms with Crippen molar-refractivity contribution in [3.63, 3.8) is 0 Å². The Morgan fingerprint density at radius 1 is 1.03 bits per heavy atom. The number of anilines is 1. The summed E-state index contributed by atoms with van der Waals surface area (Å²) in [6.45, 7) is 1.93. The number of rotatable bonds is 8. The predicted octanol–water partition coefficient (Wildman–Crippen LogP) is 6.21. The van der Waals surface area contributed by atoms with Gasteiger partial charge in [-0.25, -0.2) is 0 Å². The minimum atomic E-state index is -0.507. The van der Waals surface area contributed by atoms with E-state index in [9.17, 15) is 14.9 Å². The number of hydrogen-bond acceptors (Lipinski definition) is 5. The lowest BCUT2D eigenvalue weighted by Crippen LogP contribution is -2.35. The summed E-state index contributed by atoms with van der Waals surface area (Å²) in [7, 11) is 1.53. The van der Waals surface area contributed by atoms with Crippen LogP contribution in [0.5, 0.6) is 11.5 Å². The number of piperidine rings is 1. The highest BCUT2D eigenvalue weighted by Gasteiger charge is 2.18. The maximum Gasteiger partial charge on any atom is 0.266 e. The van der Waals surface area contributed by atoms with Crippen LogP contribution in [0, 0.1) is 11.3 Å². The van der Waals surface area contributed by atoms with Gasteiger partial charge in [-0.1, -0.05) is 40.2 Å². The molecular formula is C30H28BrN3O4. The largest absolute Gasteiger partial charge is 0.493 e. The van der Waals surface area contributed by atoms with Crippen LogP contribution >= 0.6 is 15.9 Å². The van der Waals surface area contributed by atoms with E-state index in [2.05, 4.69) is 21.2 Å². The first-order chi connectivity index (χ1) is 18.5. The van der Waals surface area contributed by atoms with Gasteiger partial charge in [0.25, 0.3) is 11.8 Å². The van der Waals surface area contributed by atoms with E-state index in [1.807, 2.05) is 41.3 Å². The number of amides is 2. The molecule has 8 heteroatoms. The maximum atomic E-state index is 12.7. The second-order valence-corrected chi connectivity index (χ2v) is 9.80. The zero-order chi connectivity index (χ0) is 26.9. The highest BCUT2D eigenvalue weighted by Crippen LogP contribution is 2.30. The van der Waals surface area contributed by atoms with Crippen LogP contribution in [0.25, 0.3) is 6.08 Å². The number of halogens is 1. The van der Waals surface area contributed by atoms with Gasteiger partial charge in [-0.05, 0) is 78.9 Å². The highest BCUT2D eigenvalue weighted by atomic mass is 79.9. The molecule has 0 radical (unpaired) electrons. The van der Waals surface area contributed by atoms with Crippen LogP contribution < -0.4 is 14.8 Å². The first-order valence-corrected chi connectivity index (χ1v) is 13.1. The van der Waals surface area contributed by atoms with E-state index < -0.39 is 5.91 Å². The molecule has 1 fully saturated rings. The Balaban J connectivity index is 1.40. The lowest BCUT2D eigenvalue weighted by molar-refractivity contribution is -0.112. The van der Waals surface area contributed by atoms with Crippen LogP contribution in [-0.2, 0) is 11.4 Å². The fourth-order valence-corrected chi connectivity index (χ4v) is 4.56. The van der Waals surface area contributed by atoms with Gasteiger partial charge in [0, 0.05) is 28.8 Å². The number of hydrogen-bond donors (Lipinski definition) is 1. The van der Waals surface area contributed by atoms with Crippen molar-refractivity contribution in [3.8, 4) is 17.6 Å². The number of benzene rings is 3. The second-order valence-electron chi connectivity index (χ2n) is 8.88. The molecule has 4 rings (SSSR count). The van der Waals surface area contributed by atoms with Crippen LogP contribution in [0.4, 0.5) is 5.69 Å². The molecule has 0 saturated carbocycles. The maximum absolute atomic E-state index is 12.7. The molecule has 1 saturated heterocycles. The molecule has 0 unspecified atom stereocenters. The van der Waals surface area contributed by atoms with E-state index in [0.717, 1.165) is 36.0 Å². The summed E-state index contributed by atoms with van der Waals surface area (Å²) in [5.41, 5.74) is 2.76. The summed E-state index contributed by atoms with van der Waals surface area (Å²) in [5.74, 6) is 0.562. The Labute approximate surface area is 230 Å². The molecule has 1 N–H and O–H groups in total. The fourth-order valence-electron chi connectivity index (χ4n) is 4.16. The molecule has 0 aliphatic carbocycles. The molecule has 0 aromatic heterocycles. The topological polar surface area (TPSA) is 91.7 Å². The molecule has 1 heterocycles. The number of carbonyl (C=O) groups excluding carboxylic acids is 2. The molecule has 3 aromatic carbocycles. The molecule has 0 spiro atoms. The van der Waals surface area contributed by atoms with Crippen molar-refractivity contribution < 1.29 is 19.1 Å². The van der Waals surface area contributed by atoms with Gasteiger partial charge in [-0.3, -0.25) is 9.59 Å². The Kier molecular flexibility index (Phi) is 9.17. The molecule has 194 valence electrons. The number of ether oxygens (including phenoxy) is 2. The number of nitrogens with zero attached hydrogens (tertiary/aromatic N) is 2. The number of methoxy groups -OCH3 is 1. The Morgan fingerprint density at radius 3 is 2.47 bits per heavy atom. The van der Waals surface area contributed by atoms with Crippen molar-refractivity contribution >= 4 is 39.5 Å². The van der Waals surface area contributed by atoms with Crippen molar-refractivity contribution in [2.45, 2.75) is 25.9 Å². The van der Waals surface area contributed by atoms with Gasteiger partial charge in [0.1, 0.15) is 18.2 Å². The minimum absolute atomic E-state index is 0.0418. The molecule has 1 aliphatic rings. The van der Waals surface area contributed by atoms with Crippen molar-refractivity contribution in [1.82, 2.24) is 4.90 Å². The lowest BCUT2D eigenvalue weighted by atomic mass is 10.1. The normalized spacial score (nSPS) is 13.4. The van der Waals surface area contributed by atoms with Crippen molar-refractivity contribution in [2.24, 2.45) is 0 Å². The van der Waals surface area contributed by atoms with Gasteiger partial charge >= 0.3 is 0 Å². The monoisotopic (exact) mass is 573 g/mol. The first-order valence-electron chi connectivity index (χ1n) is 12.3. The summed E-state index contributed by atoms with van der Waals surface area (Å²) in [6.07, 6.45) is 4.80. The summed E-state index contributed by atoms with van der Waals surface area (Å²) in [5, 5.41) is 12.3. The summed E-state index contributed by atoms with van der Waals surface area (Å²) >= 11 is 3.36. The number of nitriles is 1. The molecule has 0 atom stereocenters. The van der Waals surface area contributed by atoms with Gasteiger partial charge in [0.2, 0.25) is 0 Å². The van der Waals surface area contributed by atoms with Crippen molar-refractivity contribution in [3.05, 3.63) is 93.5 Å². The van der Waals surface area contributed by atoms with Gasteiger partial charge in [-0.15, -0.1) is 0 Å². The number of carbonyl (C=O) groups is 2. The van der Waals surface area contributed by atoms with Crippen LogP contribution in [-0.4, -0.2) is 36.9 Å². The fraction of sp³-hybridized carbons (Fsp3) is 0.233. The van der Waals surface area contributed by atoms with E-state index >= 15 is 0 Å². The molecule has 1 aliphatic heterocycles. The Morgan fingerprint density at radius 2 is 1.79 bits per heavy atom. The smallest absolute Gasteiger partial charge is 0.266 e. The van der Waals surface area contributed by atoms with Gasteiger partial charge in [-0.2, -0.15) is 5.26 Å². The first kappa shape index (κ1) is 27.0. The van der Waals surface area contributed by atoms with E-state index in [0.29, 0.717) is 34.9 Å². The third-order valence-corrected chi connectivity index (χ3v) is 6.68. The lowest BCUT2D eigenvalue weighted by Gasteiger charge is -2.26. The molecular weight excluding hydrogens is 546 g/mol. The Bertz CT molecular complexity index is 1370. The zero-order valence-corrected chi connectivity index (χ0v) is 22.7. The summed E-state index contributed by atoms with van der Waals surface area (Å²) in [6, 6.07) is 21.7. The van der Waals surface area contributed by atoms with Crippen molar-refractivity contribution in [1.29, 1.82) is 5.26 Å². The average Bonchev–Trinajstić information content (AvgIpc) is 2.95. The SMILES string of the molecule is COc1cc(/C=C(/C#N)C(=O)Nc2cccc(Br)c2)ccc1OCc1ccc(C(=O)N2CCCCC2)cc1. The molecule has 38 heavy (non-hydrogen) atoms. The van der Waals surface area contributed by atoms with E-state index in [1.54, 1.807) is 36.4 Å². The molecule has 3 aromatic rings. The average molecular weight is 574 g/mol.